The van der Waals surface area contributed by atoms with Crippen LogP contribution in [0, 0.1) is 0 Å². The van der Waals surface area contributed by atoms with Crippen molar-refractivity contribution in [1.82, 2.24) is 25.2 Å². The molecule has 0 unspecified atom stereocenters. The second kappa shape index (κ2) is 13.2. The first-order valence-electron chi connectivity index (χ1n) is 8.88. The molecule has 0 aromatic carbocycles. The quantitative estimate of drug-likeness (QED) is 0.189. The first-order valence-corrected chi connectivity index (χ1v) is 10.4. The maximum atomic E-state index is 12.1. The molecule has 27 heavy (non-hydrogen) atoms. The molecule has 0 spiro atoms. The van der Waals surface area contributed by atoms with Crippen molar-refractivity contribution in [3.05, 3.63) is 24.5 Å². The average molecular weight is 512 g/mol. The van der Waals surface area contributed by atoms with Gasteiger partial charge in [0.15, 0.2) is 5.96 Å². The van der Waals surface area contributed by atoms with Gasteiger partial charge in [-0.3, -0.25) is 14.9 Å². The molecule has 156 valence electrons. The lowest BCUT2D eigenvalue weighted by Gasteiger charge is -2.30. The number of nitrogens with zero attached hydrogens (tertiary/aromatic N) is 3. The zero-order valence-corrected chi connectivity index (χ0v) is 19.9. The SMILES string of the molecule is CN=C(NCCNS(=O)(=O)c1cccnc1)NCCN(C(C)C)C(C)C.I. The van der Waals surface area contributed by atoms with Gasteiger partial charge >= 0.3 is 0 Å². The van der Waals surface area contributed by atoms with Crippen LogP contribution in [-0.2, 0) is 10.0 Å². The van der Waals surface area contributed by atoms with E-state index in [1.165, 1.54) is 18.5 Å². The topological polar surface area (TPSA) is 98.7 Å². The van der Waals surface area contributed by atoms with Crippen LogP contribution >= 0.6 is 24.0 Å². The number of rotatable bonds is 10. The van der Waals surface area contributed by atoms with E-state index in [9.17, 15) is 8.42 Å². The van der Waals surface area contributed by atoms with Gasteiger partial charge in [0.05, 0.1) is 0 Å². The number of aromatic nitrogens is 1. The second-order valence-electron chi connectivity index (χ2n) is 6.44. The fourth-order valence-electron chi connectivity index (χ4n) is 2.59. The summed E-state index contributed by atoms with van der Waals surface area (Å²) in [7, 11) is -1.84. The Kier molecular flexibility index (Phi) is 12.8. The molecule has 1 aromatic rings. The monoisotopic (exact) mass is 512 g/mol. The molecule has 0 amide bonds. The van der Waals surface area contributed by atoms with Crippen LogP contribution < -0.4 is 15.4 Å². The van der Waals surface area contributed by atoms with Gasteiger partial charge in [-0.1, -0.05) is 0 Å². The number of hydrogen-bond donors (Lipinski definition) is 3. The standard InChI is InChI=1S/C17H32N6O2S.HI/c1-14(2)23(15(3)4)12-11-21-17(18-5)20-9-10-22-26(24,25)16-7-6-8-19-13-16;/h6-8,13-15,22H,9-12H2,1-5H3,(H2,18,20,21);1H. The molecular formula is C17H33IN6O2S. The molecule has 0 aliphatic heterocycles. The lowest BCUT2D eigenvalue weighted by Crippen LogP contribution is -2.46. The number of hydrogen-bond acceptors (Lipinski definition) is 5. The summed E-state index contributed by atoms with van der Waals surface area (Å²) in [5, 5.41) is 6.35. The average Bonchev–Trinajstić information content (AvgIpc) is 2.60. The van der Waals surface area contributed by atoms with E-state index in [2.05, 4.69) is 57.9 Å². The number of sulfonamides is 1. The molecule has 0 fully saturated rings. The lowest BCUT2D eigenvalue weighted by atomic mass is 10.2. The Balaban J connectivity index is 0.00000676. The third-order valence-electron chi connectivity index (χ3n) is 3.87. The highest BCUT2D eigenvalue weighted by molar-refractivity contribution is 14.0. The van der Waals surface area contributed by atoms with E-state index >= 15 is 0 Å². The summed E-state index contributed by atoms with van der Waals surface area (Å²) in [5.74, 6) is 0.651. The van der Waals surface area contributed by atoms with E-state index in [4.69, 9.17) is 0 Å². The van der Waals surface area contributed by atoms with Gasteiger partial charge in [-0.2, -0.15) is 0 Å². The van der Waals surface area contributed by atoms with Crippen molar-refractivity contribution in [2.24, 2.45) is 4.99 Å². The lowest BCUT2D eigenvalue weighted by molar-refractivity contribution is 0.178. The van der Waals surface area contributed by atoms with Crippen LogP contribution in [0.15, 0.2) is 34.4 Å². The predicted molar refractivity (Wildman–Crippen MR) is 121 cm³/mol. The Morgan fingerprint density at radius 3 is 2.30 bits per heavy atom. The molecule has 0 aliphatic rings. The first-order chi connectivity index (χ1) is 12.3. The molecule has 1 rings (SSSR count). The molecule has 0 saturated heterocycles. The van der Waals surface area contributed by atoms with Crippen molar-refractivity contribution < 1.29 is 8.42 Å². The smallest absolute Gasteiger partial charge is 0.242 e. The van der Waals surface area contributed by atoms with Gasteiger partial charge in [0.1, 0.15) is 4.90 Å². The molecule has 3 N–H and O–H groups in total. The summed E-state index contributed by atoms with van der Waals surface area (Å²) in [6.07, 6.45) is 2.86. The van der Waals surface area contributed by atoms with E-state index in [0.717, 1.165) is 13.1 Å². The van der Waals surface area contributed by atoms with Crippen LogP contribution in [0.4, 0.5) is 0 Å². The maximum Gasteiger partial charge on any atom is 0.242 e. The fourth-order valence-corrected chi connectivity index (χ4v) is 3.59. The number of halogens is 1. The molecule has 10 heteroatoms. The number of aliphatic imine (C=N–C) groups is 1. The minimum Gasteiger partial charge on any atom is -0.355 e. The minimum atomic E-state index is -3.53. The Morgan fingerprint density at radius 2 is 1.78 bits per heavy atom. The number of pyridine rings is 1. The van der Waals surface area contributed by atoms with Crippen molar-refractivity contribution in [1.29, 1.82) is 0 Å². The summed E-state index contributed by atoms with van der Waals surface area (Å²) >= 11 is 0. The first kappa shape index (κ1) is 26.0. The van der Waals surface area contributed by atoms with Crippen molar-refractivity contribution in [3.8, 4) is 0 Å². The highest BCUT2D eigenvalue weighted by Crippen LogP contribution is 2.04. The van der Waals surface area contributed by atoms with E-state index in [0.29, 0.717) is 24.6 Å². The van der Waals surface area contributed by atoms with Crippen LogP contribution in [-0.4, -0.2) is 69.6 Å². The zero-order chi connectivity index (χ0) is 19.6. The molecule has 8 nitrogen and oxygen atoms in total. The van der Waals surface area contributed by atoms with Crippen LogP contribution in [0.1, 0.15) is 27.7 Å². The number of nitrogens with one attached hydrogen (secondary N) is 3. The summed E-state index contributed by atoms with van der Waals surface area (Å²) < 4.78 is 26.7. The molecule has 1 aromatic heterocycles. The van der Waals surface area contributed by atoms with Gasteiger partial charge in [-0.15, -0.1) is 24.0 Å². The van der Waals surface area contributed by atoms with Gasteiger partial charge in [0, 0.05) is 57.7 Å². The molecule has 1 heterocycles. The molecule has 0 atom stereocenters. The van der Waals surface area contributed by atoms with Crippen LogP contribution in [0.25, 0.3) is 0 Å². The van der Waals surface area contributed by atoms with Gasteiger partial charge in [0.25, 0.3) is 0 Å². The van der Waals surface area contributed by atoms with Crippen molar-refractivity contribution >= 4 is 40.0 Å². The van der Waals surface area contributed by atoms with Gasteiger partial charge in [0.2, 0.25) is 10.0 Å². The normalized spacial score (nSPS) is 12.4. The Morgan fingerprint density at radius 1 is 1.15 bits per heavy atom. The highest BCUT2D eigenvalue weighted by Gasteiger charge is 2.14. The van der Waals surface area contributed by atoms with Crippen LogP contribution in [0.2, 0.25) is 0 Å². The zero-order valence-electron chi connectivity index (χ0n) is 16.8. The highest BCUT2D eigenvalue weighted by atomic mass is 127. The van der Waals surface area contributed by atoms with Crippen molar-refractivity contribution in [2.75, 3.05) is 33.2 Å². The Hall–Kier alpha value is -0.980. The predicted octanol–water partition coefficient (Wildman–Crippen LogP) is 1.26. The van der Waals surface area contributed by atoms with E-state index < -0.39 is 10.0 Å². The molecular weight excluding hydrogens is 479 g/mol. The third-order valence-corrected chi connectivity index (χ3v) is 5.31. The third kappa shape index (κ3) is 9.67. The number of guanidine groups is 1. The van der Waals surface area contributed by atoms with Gasteiger partial charge < -0.3 is 10.6 Å². The second-order valence-corrected chi connectivity index (χ2v) is 8.20. The van der Waals surface area contributed by atoms with Gasteiger partial charge in [-0.05, 0) is 39.8 Å². The fraction of sp³-hybridized carbons (Fsp3) is 0.647. The molecule has 0 saturated carbocycles. The van der Waals surface area contributed by atoms with Crippen LogP contribution in [0.3, 0.4) is 0 Å². The molecule has 0 radical (unpaired) electrons. The summed E-state index contributed by atoms with van der Waals surface area (Å²) in [4.78, 5) is 10.5. The summed E-state index contributed by atoms with van der Waals surface area (Å²) in [5.41, 5.74) is 0. The van der Waals surface area contributed by atoms with E-state index in [1.807, 2.05) is 0 Å². The summed E-state index contributed by atoms with van der Waals surface area (Å²) in [6.45, 7) is 11.1. The van der Waals surface area contributed by atoms with Crippen LogP contribution in [0.5, 0.6) is 0 Å². The van der Waals surface area contributed by atoms with E-state index in [1.54, 1.807) is 13.1 Å². The molecule has 0 aliphatic carbocycles. The Labute approximate surface area is 180 Å². The minimum absolute atomic E-state index is 0. The largest absolute Gasteiger partial charge is 0.355 e. The van der Waals surface area contributed by atoms with Crippen molar-refractivity contribution in [2.45, 2.75) is 44.7 Å². The molecule has 0 bridgehead atoms. The maximum absolute atomic E-state index is 12.1. The van der Waals surface area contributed by atoms with E-state index in [-0.39, 0.29) is 35.4 Å². The Bertz CT molecular complexity index is 645. The van der Waals surface area contributed by atoms with Crippen molar-refractivity contribution in [3.63, 3.8) is 0 Å². The summed E-state index contributed by atoms with van der Waals surface area (Å²) in [6, 6.07) is 4.07. The van der Waals surface area contributed by atoms with Gasteiger partial charge in [-0.25, -0.2) is 13.1 Å².